The lowest BCUT2D eigenvalue weighted by atomic mass is 9.88. The van der Waals surface area contributed by atoms with E-state index >= 15 is 0 Å². The van der Waals surface area contributed by atoms with E-state index < -0.39 is 0 Å². The van der Waals surface area contributed by atoms with Gasteiger partial charge in [-0.15, -0.1) is 0 Å². The molecule has 1 aliphatic heterocycles. The predicted octanol–water partition coefficient (Wildman–Crippen LogP) is 4.01. The Morgan fingerprint density at radius 3 is 2.63 bits per heavy atom. The third kappa shape index (κ3) is 2.90. The van der Waals surface area contributed by atoms with E-state index in [1.165, 1.54) is 5.69 Å². The molecular weight excluding hydrogens is 256 g/mol. The zero-order chi connectivity index (χ0) is 14.0. The molecule has 2 rings (SSSR count). The molecule has 1 unspecified atom stereocenters. The minimum atomic E-state index is 0.240. The summed E-state index contributed by atoms with van der Waals surface area (Å²) in [6, 6.07) is 6.92. The van der Waals surface area contributed by atoms with Gasteiger partial charge in [-0.25, -0.2) is 0 Å². The molecule has 1 atom stereocenters. The van der Waals surface area contributed by atoms with Crippen molar-refractivity contribution in [1.82, 2.24) is 5.32 Å². The smallest absolute Gasteiger partial charge is 0.0455 e. The number of benzene rings is 1. The molecule has 0 radical (unpaired) electrons. The Morgan fingerprint density at radius 1 is 1.37 bits per heavy atom. The first-order valence-corrected chi connectivity index (χ1v) is 7.67. The van der Waals surface area contributed by atoms with Crippen molar-refractivity contribution in [3.8, 4) is 0 Å². The van der Waals surface area contributed by atoms with Crippen LogP contribution >= 0.6 is 11.6 Å². The van der Waals surface area contributed by atoms with E-state index in [-0.39, 0.29) is 5.54 Å². The summed E-state index contributed by atoms with van der Waals surface area (Å²) in [5.74, 6) is 0. The van der Waals surface area contributed by atoms with Crippen molar-refractivity contribution in [2.45, 2.75) is 52.1 Å². The van der Waals surface area contributed by atoms with Gasteiger partial charge >= 0.3 is 0 Å². The number of piperazine rings is 1. The number of hydrogen-bond acceptors (Lipinski definition) is 2. The summed E-state index contributed by atoms with van der Waals surface area (Å²) >= 11 is 6.28. The zero-order valence-electron chi connectivity index (χ0n) is 12.5. The summed E-state index contributed by atoms with van der Waals surface area (Å²) in [5.41, 5.74) is 2.63. The monoisotopic (exact) mass is 280 g/mol. The molecule has 1 aromatic rings. The minimum absolute atomic E-state index is 0.240. The van der Waals surface area contributed by atoms with Crippen LogP contribution < -0.4 is 10.2 Å². The second kappa shape index (κ2) is 5.72. The van der Waals surface area contributed by atoms with E-state index in [4.69, 9.17) is 11.6 Å². The predicted molar refractivity (Wildman–Crippen MR) is 84.3 cm³/mol. The van der Waals surface area contributed by atoms with Gasteiger partial charge in [0, 0.05) is 35.4 Å². The van der Waals surface area contributed by atoms with Gasteiger partial charge < -0.3 is 10.2 Å². The van der Waals surface area contributed by atoms with Crippen LogP contribution in [0.2, 0.25) is 5.02 Å². The maximum Gasteiger partial charge on any atom is 0.0455 e. The van der Waals surface area contributed by atoms with Gasteiger partial charge in [-0.05, 0) is 44.4 Å². The summed E-state index contributed by atoms with van der Waals surface area (Å²) in [7, 11) is 0. The van der Waals surface area contributed by atoms with Crippen molar-refractivity contribution in [2.24, 2.45) is 0 Å². The Labute approximate surface area is 122 Å². The standard InChI is InChI=1S/C16H25ClN2/c1-5-16(6-2)11-19(13(4)10-18-16)14-8-7-12(3)15(17)9-14/h7-9,13,18H,5-6,10-11H2,1-4H3. The highest BCUT2D eigenvalue weighted by molar-refractivity contribution is 6.31. The van der Waals surface area contributed by atoms with Crippen LogP contribution in [0.1, 0.15) is 39.2 Å². The summed E-state index contributed by atoms with van der Waals surface area (Å²) in [4.78, 5) is 2.49. The van der Waals surface area contributed by atoms with Crippen LogP contribution in [-0.4, -0.2) is 24.7 Å². The van der Waals surface area contributed by atoms with Crippen LogP contribution in [0.5, 0.6) is 0 Å². The maximum atomic E-state index is 6.28. The number of anilines is 1. The van der Waals surface area contributed by atoms with Crippen LogP contribution in [-0.2, 0) is 0 Å². The quantitative estimate of drug-likeness (QED) is 0.900. The first-order chi connectivity index (χ1) is 9.01. The maximum absolute atomic E-state index is 6.28. The molecule has 1 N–H and O–H groups in total. The SMILES string of the molecule is CCC1(CC)CN(c2ccc(C)c(Cl)c2)C(C)CN1. The summed E-state index contributed by atoms with van der Waals surface area (Å²) in [6.07, 6.45) is 2.32. The Hall–Kier alpha value is -0.730. The van der Waals surface area contributed by atoms with Crippen LogP contribution in [0.3, 0.4) is 0 Å². The van der Waals surface area contributed by atoms with Gasteiger partial charge in [-0.1, -0.05) is 31.5 Å². The molecule has 3 heteroatoms. The first kappa shape index (κ1) is 14.7. The van der Waals surface area contributed by atoms with Crippen molar-refractivity contribution in [1.29, 1.82) is 0 Å². The van der Waals surface area contributed by atoms with Crippen LogP contribution in [0.25, 0.3) is 0 Å². The molecular formula is C16H25ClN2. The summed E-state index contributed by atoms with van der Waals surface area (Å²) in [6.45, 7) is 11.0. The fourth-order valence-electron chi connectivity index (χ4n) is 2.84. The van der Waals surface area contributed by atoms with Crippen molar-refractivity contribution in [3.05, 3.63) is 28.8 Å². The Balaban J connectivity index is 2.28. The van der Waals surface area contributed by atoms with Gasteiger partial charge in [0.05, 0.1) is 0 Å². The highest BCUT2D eigenvalue weighted by Crippen LogP contribution is 2.30. The molecule has 1 fully saturated rings. The normalized spacial score (nSPS) is 22.6. The molecule has 0 bridgehead atoms. The molecule has 1 heterocycles. The number of halogens is 1. The topological polar surface area (TPSA) is 15.3 Å². The fraction of sp³-hybridized carbons (Fsp3) is 0.625. The van der Waals surface area contributed by atoms with E-state index in [1.807, 2.05) is 0 Å². The van der Waals surface area contributed by atoms with E-state index in [1.54, 1.807) is 0 Å². The molecule has 0 aromatic heterocycles. The number of aryl methyl sites for hydroxylation is 1. The molecule has 0 saturated carbocycles. The zero-order valence-corrected chi connectivity index (χ0v) is 13.2. The van der Waals surface area contributed by atoms with Crippen molar-refractivity contribution in [3.63, 3.8) is 0 Å². The number of hydrogen-bond donors (Lipinski definition) is 1. The Kier molecular flexibility index (Phi) is 4.42. The third-order valence-electron chi connectivity index (χ3n) is 4.62. The first-order valence-electron chi connectivity index (χ1n) is 7.29. The minimum Gasteiger partial charge on any atom is -0.366 e. The molecule has 0 aliphatic carbocycles. The van der Waals surface area contributed by atoms with Crippen LogP contribution in [0.15, 0.2) is 18.2 Å². The third-order valence-corrected chi connectivity index (χ3v) is 5.03. The number of rotatable bonds is 3. The molecule has 2 nitrogen and oxygen atoms in total. The lowest BCUT2D eigenvalue weighted by molar-refractivity contribution is 0.254. The lowest BCUT2D eigenvalue weighted by Gasteiger charge is -2.47. The highest BCUT2D eigenvalue weighted by atomic mass is 35.5. The summed E-state index contributed by atoms with van der Waals surface area (Å²) in [5, 5.41) is 4.60. The molecule has 1 aliphatic rings. The molecule has 1 saturated heterocycles. The summed E-state index contributed by atoms with van der Waals surface area (Å²) < 4.78 is 0. The second-order valence-electron chi connectivity index (χ2n) is 5.78. The van der Waals surface area contributed by atoms with Gasteiger partial charge in [0.15, 0.2) is 0 Å². The van der Waals surface area contributed by atoms with Gasteiger partial charge in [0.25, 0.3) is 0 Å². The average Bonchev–Trinajstić information content (AvgIpc) is 2.43. The van der Waals surface area contributed by atoms with E-state index in [0.717, 1.165) is 36.5 Å². The van der Waals surface area contributed by atoms with E-state index in [9.17, 15) is 0 Å². The van der Waals surface area contributed by atoms with Crippen molar-refractivity contribution >= 4 is 17.3 Å². The van der Waals surface area contributed by atoms with Gasteiger partial charge in [0.1, 0.15) is 0 Å². The Bertz CT molecular complexity index is 440. The van der Waals surface area contributed by atoms with Crippen molar-refractivity contribution < 1.29 is 0 Å². The molecule has 0 amide bonds. The lowest BCUT2D eigenvalue weighted by Crippen LogP contribution is -2.63. The average molecular weight is 281 g/mol. The van der Waals surface area contributed by atoms with Gasteiger partial charge in [0.2, 0.25) is 0 Å². The van der Waals surface area contributed by atoms with Crippen molar-refractivity contribution in [2.75, 3.05) is 18.0 Å². The molecule has 0 spiro atoms. The Morgan fingerprint density at radius 2 is 2.05 bits per heavy atom. The van der Waals surface area contributed by atoms with E-state index in [2.05, 4.69) is 56.1 Å². The molecule has 106 valence electrons. The highest BCUT2D eigenvalue weighted by Gasteiger charge is 2.35. The second-order valence-corrected chi connectivity index (χ2v) is 6.19. The van der Waals surface area contributed by atoms with E-state index in [0.29, 0.717) is 6.04 Å². The largest absolute Gasteiger partial charge is 0.366 e. The molecule has 1 aromatic carbocycles. The number of nitrogens with one attached hydrogen (secondary N) is 1. The van der Waals surface area contributed by atoms with Crippen LogP contribution in [0, 0.1) is 6.92 Å². The van der Waals surface area contributed by atoms with Gasteiger partial charge in [-0.2, -0.15) is 0 Å². The number of nitrogens with zero attached hydrogens (tertiary/aromatic N) is 1. The van der Waals surface area contributed by atoms with Crippen LogP contribution in [0.4, 0.5) is 5.69 Å². The molecule has 19 heavy (non-hydrogen) atoms. The fourth-order valence-corrected chi connectivity index (χ4v) is 3.02. The van der Waals surface area contributed by atoms with Gasteiger partial charge in [-0.3, -0.25) is 0 Å².